The molecule has 0 radical (unpaired) electrons. The third-order valence-electron chi connectivity index (χ3n) is 5.86. The molecule has 0 aliphatic heterocycles. The van der Waals surface area contributed by atoms with Crippen LogP contribution in [0.5, 0.6) is 0 Å². The van der Waals surface area contributed by atoms with E-state index in [-0.39, 0.29) is 48.9 Å². The average Bonchev–Trinajstić information content (AvgIpc) is 2.82. The summed E-state index contributed by atoms with van der Waals surface area (Å²) in [5, 5.41) is 0. The van der Waals surface area contributed by atoms with Gasteiger partial charge >= 0.3 is 40.0 Å². The molecule has 36 heavy (non-hydrogen) atoms. The molecule has 0 aromatic heterocycles. The van der Waals surface area contributed by atoms with Crippen LogP contribution in [0.4, 0.5) is 0 Å². The fourth-order valence-electron chi connectivity index (χ4n) is 3.74. The van der Waals surface area contributed by atoms with E-state index in [4.69, 9.17) is 13.1 Å². The first-order chi connectivity index (χ1) is 16.5. The van der Waals surface area contributed by atoms with Crippen molar-refractivity contribution in [3.05, 3.63) is 0 Å². The van der Waals surface area contributed by atoms with Crippen LogP contribution in [0.2, 0.25) is 0 Å². The quantitative estimate of drug-likeness (QED) is 0.0856. The van der Waals surface area contributed by atoms with E-state index in [1.54, 1.807) is 0 Å². The Morgan fingerprint density at radius 2 is 0.694 bits per heavy atom. The SMILES string of the molecule is CCCCCCCCCCCCOS(=O)(=O)OCCCCCCCCCCCC.CCOCC.N.[NaH]. The van der Waals surface area contributed by atoms with Gasteiger partial charge < -0.3 is 10.9 Å². The van der Waals surface area contributed by atoms with Crippen molar-refractivity contribution in [3.8, 4) is 0 Å². The van der Waals surface area contributed by atoms with Gasteiger partial charge in [-0.15, -0.1) is 0 Å². The van der Waals surface area contributed by atoms with E-state index in [1.807, 2.05) is 13.8 Å². The van der Waals surface area contributed by atoms with E-state index in [1.165, 1.54) is 89.9 Å². The van der Waals surface area contributed by atoms with Gasteiger partial charge in [0.05, 0.1) is 13.2 Å². The molecule has 0 rings (SSSR count). The number of rotatable bonds is 26. The van der Waals surface area contributed by atoms with Crippen molar-refractivity contribution in [2.45, 2.75) is 156 Å². The molecular weight excluding hydrogens is 485 g/mol. The Morgan fingerprint density at radius 1 is 0.444 bits per heavy atom. The summed E-state index contributed by atoms with van der Waals surface area (Å²) in [5.41, 5.74) is 0. The summed E-state index contributed by atoms with van der Waals surface area (Å²) in [5.74, 6) is 0. The molecule has 0 bridgehead atoms. The molecule has 0 amide bonds. The topological polar surface area (TPSA) is 96.8 Å². The molecule has 0 saturated carbocycles. The normalized spacial score (nSPS) is 10.8. The second-order valence-electron chi connectivity index (χ2n) is 9.20. The van der Waals surface area contributed by atoms with Gasteiger partial charge in [-0.1, -0.05) is 129 Å². The standard InChI is InChI=1S/C24H50O4S.C4H10O.H3N.Na.H/c1-3-5-7-9-11-13-15-17-19-21-23-27-29(25,26)28-24-22-20-18-16-14-12-10-8-6-4-2;1-3-5-4-2;;;/h3-24H2,1-2H3;3-4H2,1-2H3;1H3;;. The molecule has 0 aromatic rings. The molecule has 0 unspecified atom stereocenters. The summed E-state index contributed by atoms with van der Waals surface area (Å²) < 4.78 is 38.1. The van der Waals surface area contributed by atoms with Gasteiger partial charge in [0.15, 0.2) is 0 Å². The summed E-state index contributed by atoms with van der Waals surface area (Å²) in [6.45, 7) is 10.6. The molecule has 0 fully saturated rings. The van der Waals surface area contributed by atoms with Gasteiger partial charge in [0.1, 0.15) is 0 Å². The van der Waals surface area contributed by atoms with Gasteiger partial charge in [0, 0.05) is 13.2 Å². The Kier molecular flexibility index (Phi) is 46.2. The molecule has 3 N–H and O–H groups in total. The number of hydrogen-bond acceptors (Lipinski definition) is 6. The molecule has 0 spiro atoms. The summed E-state index contributed by atoms with van der Waals surface area (Å²) in [6.07, 6.45) is 24.4. The van der Waals surface area contributed by atoms with E-state index in [0.29, 0.717) is 0 Å². The van der Waals surface area contributed by atoms with Crippen molar-refractivity contribution in [1.29, 1.82) is 0 Å². The summed E-state index contributed by atoms with van der Waals surface area (Å²) in [6, 6.07) is 0. The van der Waals surface area contributed by atoms with Crippen LogP contribution in [0.25, 0.3) is 0 Å². The van der Waals surface area contributed by atoms with Crippen molar-refractivity contribution in [2.24, 2.45) is 0 Å². The van der Waals surface area contributed by atoms with E-state index in [9.17, 15) is 8.42 Å². The third-order valence-corrected chi connectivity index (χ3v) is 6.77. The van der Waals surface area contributed by atoms with Gasteiger partial charge in [0.25, 0.3) is 0 Å². The van der Waals surface area contributed by atoms with Crippen LogP contribution >= 0.6 is 0 Å². The Bertz CT molecular complexity index is 433. The van der Waals surface area contributed by atoms with E-state index >= 15 is 0 Å². The third kappa shape index (κ3) is 41.9. The maximum absolute atomic E-state index is 11.7. The van der Waals surface area contributed by atoms with E-state index < -0.39 is 10.4 Å². The molecular formula is C28H64NNaO5S. The minimum absolute atomic E-state index is 0. The number of ether oxygens (including phenoxy) is 1. The van der Waals surface area contributed by atoms with Crippen molar-refractivity contribution in [1.82, 2.24) is 6.15 Å². The predicted octanol–water partition coefficient (Wildman–Crippen LogP) is 8.66. The average molecular weight is 550 g/mol. The van der Waals surface area contributed by atoms with Crippen molar-refractivity contribution in [3.63, 3.8) is 0 Å². The van der Waals surface area contributed by atoms with Crippen LogP contribution in [0.15, 0.2) is 0 Å². The number of hydrogen-bond donors (Lipinski definition) is 1. The zero-order chi connectivity index (χ0) is 25.6. The van der Waals surface area contributed by atoms with Gasteiger partial charge in [0.2, 0.25) is 0 Å². The van der Waals surface area contributed by atoms with Gasteiger partial charge in [-0.05, 0) is 26.7 Å². The molecule has 0 aromatic carbocycles. The van der Waals surface area contributed by atoms with Crippen LogP contribution in [-0.4, -0.2) is 64.4 Å². The van der Waals surface area contributed by atoms with Crippen LogP contribution in [0, 0.1) is 0 Å². The maximum atomic E-state index is 11.7. The van der Waals surface area contributed by atoms with Gasteiger partial charge in [-0.25, -0.2) is 8.37 Å². The van der Waals surface area contributed by atoms with Crippen LogP contribution in [-0.2, 0) is 23.5 Å². The Labute approximate surface area is 249 Å². The summed E-state index contributed by atoms with van der Waals surface area (Å²) in [4.78, 5) is 0. The molecule has 0 saturated heterocycles. The van der Waals surface area contributed by atoms with Crippen LogP contribution in [0.1, 0.15) is 156 Å². The predicted molar refractivity (Wildman–Crippen MR) is 159 cm³/mol. The second kappa shape index (κ2) is 37.9. The first kappa shape index (κ1) is 43.8. The van der Waals surface area contributed by atoms with Crippen molar-refractivity contribution < 1.29 is 21.5 Å². The Hall–Kier alpha value is 0.790. The van der Waals surface area contributed by atoms with Crippen LogP contribution < -0.4 is 6.15 Å². The summed E-state index contributed by atoms with van der Waals surface area (Å²) in [7, 11) is -3.80. The molecule has 0 heterocycles. The Balaban J connectivity index is -0.000000661. The first-order valence-electron chi connectivity index (χ1n) is 14.6. The fraction of sp³-hybridized carbons (Fsp3) is 1.00. The van der Waals surface area contributed by atoms with Crippen molar-refractivity contribution >= 4 is 40.0 Å². The van der Waals surface area contributed by atoms with Crippen molar-refractivity contribution in [2.75, 3.05) is 26.4 Å². The molecule has 0 aliphatic rings. The summed E-state index contributed by atoms with van der Waals surface area (Å²) >= 11 is 0. The van der Waals surface area contributed by atoms with Gasteiger partial charge in [-0.3, -0.25) is 0 Å². The first-order valence-corrected chi connectivity index (χ1v) is 16.0. The molecule has 218 valence electrons. The molecule has 6 nitrogen and oxygen atoms in total. The van der Waals surface area contributed by atoms with E-state index in [0.717, 1.165) is 51.7 Å². The Morgan fingerprint density at radius 3 is 0.917 bits per heavy atom. The van der Waals surface area contributed by atoms with Crippen LogP contribution in [0.3, 0.4) is 0 Å². The molecule has 8 heteroatoms. The van der Waals surface area contributed by atoms with Gasteiger partial charge in [-0.2, -0.15) is 8.42 Å². The number of unbranched alkanes of at least 4 members (excludes halogenated alkanes) is 18. The zero-order valence-corrected chi connectivity index (χ0v) is 24.9. The molecule has 0 atom stereocenters. The molecule has 0 aliphatic carbocycles. The monoisotopic (exact) mass is 549 g/mol. The van der Waals surface area contributed by atoms with E-state index in [2.05, 4.69) is 13.8 Å². The fourth-order valence-corrected chi connectivity index (χ4v) is 4.45. The second-order valence-corrected chi connectivity index (χ2v) is 10.5. The minimum atomic E-state index is -3.80. The zero-order valence-electron chi connectivity index (χ0n) is 24.1.